The zero-order valence-electron chi connectivity index (χ0n) is 40.7. The van der Waals surface area contributed by atoms with Crippen molar-refractivity contribution in [2.24, 2.45) is 17.6 Å². The molecule has 0 aliphatic rings. The van der Waals surface area contributed by atoms with Crippen molar-refractivity contribution in [1.29, 1.82) is 0 Å². The van der Waals surface area contributed by atoms with Gasteiger partial charge in [0.15, 0.2) is 0 Å². The van der Waals surface area contributed by atoms with Crippen LogP contribution in [0, 0.1) is 11.8 Å². The third-order valence-corrected chi connectivity index (χ3v) is 12.4. The summed E-state index contributed by atoms with van der Waals surface area (Å²) in [6.45, 7) is 13.6. The maximum atomic E-state index is 12.7. The molecule has 0 aliphatic heterocycles. The van der Waals surface area contributed by atoms with E-state index < -0.39 is 6.10 Å². The van der Waals surface area contributed by atoms with Crippen LogP contribution in [-0.2, 0) is 19.1 Å². The Kier molecular flexibility index (Phi) is 43.9. The van der Waals surface area contributed by atoms with E-state index in [4.69, 9.17) is 15.2 Å². The Hall–Kier alpha value is -1.80. The topological polar surface area (TPSA) is 105 Å². The highest BCUT2D eigenvalue weighted by molar-refractivity contribution is 5.69. The smallest absolute Gasteiger partial charge is 0.305 e. The second-order valence-corrected chi connectivity index (χ2v) is 18.4. The summed E-state index contributed by atoms with van der Waals surface area (Å²) in [7, 11) is 2.03. The highest BCUT2D eigenvalue weighted by atomic mass is 16.5. The molecule has 8 nitrogen and oxygen atoms in total. The maximum absolute atomic E-state index is 12.7. The molecule has 3 atom stereocenters. The van der Waals surface area contributed by atoms with Crippen LogP contribution in [0.4, 0.5) is 0 Å². The first-order valence-electron chi connectivity index (χ1n) is 26.1. The number of aliphatic hydroxyl groups excluding tert-OH is 1. The fraction of sp³-hybridized carbons (Fsp3) is 0.923. The normalized spacial score (nSPS) is 13.2. The van der Waals surface area contributed by atoms with Gasteiger partial charge in [0.25, 0.3) is 0 Å². The Bertz CT molecular complexity index is 949. The molecule has 0 aromatic heterocycles. The summed E-state index contributed by atoms with van der Waals surface area (Å²) in [5, 5.41) is 11.0. The van der Waals surface area contributed by atoms with Gasteiger partial charge in [0, 0.05) is 45.4 Å². The van der Waals surface area contributed by atoms with E-state index in [0.717, 1.165) is 64.6 Å². The molecule has 0 amide bonds. The Morgan fingerprint density at radius 2 is 0.867 bits per heavy atom. The molecule has 8 heteroatoms. The maximum Gasteiger partial charge on any atom is 0.305 e. The second kappa shape index (κ2) is 45.2. The fourth-order valence-corrected chi connectivity index (χ4v) is 8.39. The largest absolute Gasteiger partial charge is 0.465 e. The Morgan fingerprint density at radius 3 is 1.33 bits per heavy atom. The van der Waals surface area contributed by atoms with Crippen molar-refractivity contribution in [3.05, 3.63) is 12.4 Å². The van der Waals surface area contributed by atoms with Gasteiger partial charge in [0.05, 0.1) is 19.3 Å². The van der Waals surface area contributed by atoms with Crippen LogP contribution < -0.4 is 5.73 Å². The van der Waals surface area contributed by atoms with Crippen LogP contribution in [0.2, 0.25) is 0 Å². The van der Waals surface area contributed by atoms with Crippen LogP contribution in [0.1, 0.15) is 246 Å². The van der Waals surface area contributed by atoms with Crippen molar-refractivity contribution in [1.82, 2.24) is 9.80 Å². The van der Waals surface area contributed by atoms with Gasteiger partial charge < -0.3 is 30.1 Å². The minimum Gasteiger partial charge on any atom is -0.465 e. The number of ether oxygens (including phenoxy) is 2. The Labute approximate surface area is 373 Å². The Balaban J connectivity index is 4.63. The van der Waals surface area contributed by atoms with Crippen molar-refractivity contribution < 1.29 is 24.2 Å². The first-order chi connectivity index (χ1) is 29.3. The molecule has 0 aliphatic carbocycles. The molecule has 0 fully saturated rings. The number of aliphatic hydroxyl groups is 1. The lowest BCUT2D eigenvalue weighted by atomic mass is 9.95. The van der Waals surface area contributed by atoms with E-state index in [0.29, 0.717) is 50.9 Å². The van der Waals surface area contributed by atoms with E-state index >= 15 is 0 Å². The van der Waals surface area contributed by atoms with Gasteiger partial charge in [-0.15, -0.1) is 0 Å². The lowest BCUT2D eigenvalue weighted by molar-refractivity contribution is -0.146. The number of carbonyl (C=O) groups is 2. The van der Waals surface area contributed by atoms with Crippen LogP contribution in [0.5, 0.6) is 0 Å². The number of hydrogen-bond acceptors (Lipinski definition) is 8. The van der Waals surface area contributed by atoms with E-state index in [1.165, 1.54) is 154 Å². The summed E-state index contributed by atoms with van der Waals surface area (Å²) in [4.78, 5) is 29.9. The van der Waals surface area contributed by atoms with Crippen LogP contribution in [-0.4, -0.2) is 79.4 Å². The minimum atomic E-state index is -0.418. The van der Waals surface area contributed by atoms with Gasteiger partial charge in [-0.2, -0.15) is 0 Å². The van der Waals surface area contributed by atoms with E-state index in [-0.39, 0.29) is 11.9 Å². The van der Waals surface area contributed by atoms with Crippen LogP contribution in [0.15, 0.2) is 12.4 Å². The summed E-state index contributed by atoms with van der Waals surface area (Å²) in [6.07, 6.45) is 41.7. The molecule has 356 valence electrons. The van der Waals surface area contributed by atoms with Crippen molar-refractivity contribution in [3.8, 4) is 0 Å². The van der Waals surface area contributed by atoms with E-state index in [1.807, 2.05) is 13.2 Å². The predicted octanol–water partition coefficient (Wildman–Crippen LogP) is 13.7. The van der Waals surface area contributed by atoms with Gasteiger partial charge in [-0.3, -0.25) is 9.59 Å². The molecular weight excluding hydrogens is 747 g/mol. The first kappa shape index (κ1) is 58.2. The number of hydrogen-bond donors (Lipinski definition) is 2. The average Bonchev–Trinajstić information content (AvgIpc) is 3.23. The van der Waals surface area contributed by atoms with Gasteiger partial charge in [-0.25, -0.2) is 0 Å². The minimum absolute atomic E-state index is 0.0318. The number of nitrogens with zero attached hydrogens (tertiary/aromatic N) is 2. The average molecular weight is 850 g/mol. The summed E-state index contributed by atoms with van der Waals surface area (Å²) < 4.78 is 11.6. The van der Waals surface area contributed by atoms with Gasteiger partial charge in [0.1, 0.15) is 0 Å². The molecule has 3 unspecified atom stereocenters. The predicted molar refractivity (Wildman–Crippen MR) is 257 cm³/mol. The summed E-state index contributed by atoms with van der Waals surface area (Å²) in [5.74, 6) is 0.880. The number of nitrogens with two attached hydrogens (primary N) is 1. The van der Waals surface area contributed by atoms with Crippen molar-refractivity contribution >= 4 is 11.9 Å². The molecule has 0 bridgehead atoms. The number of carbonyl (C=O) groups excluding carboxylic acids is 2. The zero-order valence-corrected chi connectivity index (χ0v) is 40.7. The van der Waals surface area contributed by atoms with Gasteiger partial charge in [-0.05, 0) is 82.7 Å². The molecule has 0 spiro atoms. The van der Waals surface area contributed by atoms with E-state index in [9.17, 15) is 14.7 Å². The lowest BCUT2D eigenvalue weighted by Crippen LogP contribution is -2.35. The van der Waals surface area contributed by atoms with Gasteiger partial charge in [0.2, 0.25) is 0 Å². The van der Waals surface area contributed by atoms with Crippen LogP contribution in [0.3, 0.4) is 0 Å². The van der Waals surface area contributed by atoms with Crippen LogP contribution >= 0.6 is 0 Å². The fourth-order valence-electron chi connectivity index (χ4n) is 8.39. The highest BCUT2D eigenvalue weighted by Crippen LogP contribution is 2.22. The molecule has 0 rings (SSSR count). The molecule has 3 N–H and O–H groups in total. The SMILES string of the molecule is CCCCCCCCC(CCCCCC)COC(=O)CCCCCCN(CCCN(C)/C=C\N)CC(O)CCCCC(=O)OCC(CCCCCC)CCCCCCCC. The van der Waals surface area contributed by atoms with E-state index in [2.05, 4.69) is 37.5 Å². The quantitative estimate of drug-likeness (QED) is 0.0461. The molecule has 0 saturated carbocycles. The second-order valence-electron chi connectivity index (χ2n) is 18.4. The monoisotopic (exact) mass is 850 g/mol. The van der Waals surface area contributed by atoms with Gasteiger partial charge >= 0.3 is 11.9 Å². The van der Waals surface area contributed by atoms with Crippen LogP contribution in [0.25, 0.3) is 0 Å². The molecule has 0 aromatic carbocycles. The number of esters is 2. The highest BCUT2D eigenvalue weighted by Gasteiger charge is 2.16. The molecular formula is C52H103N3O5. The molecule has 0 heterocycles. The number of rotatable bonds is 47. The number of unbranched alkanes of at least 4 members (excludes halogenated alkanes) is 20. The summed E-state index contributed by atoms with van der Waals surface area (Å²) in [6, 6.07) is 0. The van der Waals surface area contributed by atoms with Crippen molar-refractivity contribution in [3.63, 3.8) is 0 Å². The summed E-state index contributed by atoms with van der Waals surface area (Å²) >= 11 is 0. The molecule has 60 heavy (non-hydrogen) atoms. The zero-order chi connectivity index (χ0) is 44.2. The standard InChI is InChI=1S/C52H103N3O5/c1-6-10-14-18-20-26-35-48(33-24-16-12-8-3)46-59-51(57)38-28-22-23-31-42-55(43-32-41-54(5)44-40-53)45-50(56)37-29-30-39-52(58)60-47-49(34-25-17-13-9-4)36-27-21-19-15-11-7-2/h40,44,48-50,56H,6-39,41-43,45-47,53H2,1-5H3/b44-40-. The third kappa shape index (κ3) is 40.3. The summed E-state index contributed by atoms with van der Waals surface area (Å²) in [5.41, 5.74) is 5.59. The Morgan fingerprint density at radius 1 is 0.500 bits per heavy atom. The molecule has 0 saturated heterocycles. The van der Waals surface area contributed by atoms with E-state index in [1.54, 1.807) is 6.20 Å². The van der Waals surface area contributed by atoms with Crippen molar-refractivity contribution in [2.75, 3.05) is 46.4 Å². The molecule has 0 aromatic rings. The third-order valence-electron chi connectivity index (χ3n) is 12.4. The lowest BCUT2D eigenvalue weighted by Gasteiger charge is -2.26. The van der Waals surface area contributed by atoms with Crippen molar-refractivity contribution in [2.45, 2.75) is 252 Å². The van der Waals surface area contributed by atoms with Gasteiger partial charge in [-0.1, -0.05) is 175 Å². The first-order valence-corrected chi connectivity index (χ1v) is 26.1. The molecule has 0 radical (unpaired) electrons.